The summed E-state index contributed by atoms with van der Waals surface area (Å²) in [7, 11) is 1.82. The van der Waals surface area contributed by atoms with Crippen LogP contribution >= 0.6 is 35.6 Å². The van der Waals surface area contributed by atoms with Crippen LogP contribution in [0.15, 0.2) is 35.6 Å². The van der Waals surface area contributed by atoms with Gasteiger partial charge in [-0.05, 0) is 25.5 Å². The normalized spacial score (nSPS) is 14.8. The van der Waals surface area contributed by atoms with E-state index in [0.29, 0.717) is 49.1 Å². The maximum absolute atomic E-state index is 13.9. The molecule has 0 spiro atoms. The maximum Gasteiger partial charge on any atom is 0.246 e. The van der Waals surface area contributed by atoms with Gasteiger partial charge in [0, 0.05) is 50.0 Å². The number of nitrogens with zero attached hydrogens (tertiary/aromatic N) is 5. The zero-order valence-corrected chi connectivity index (χ0v) is 19.5. The summed E-state index contributed by atoms with van der Waals surface area (Å²) in [5.74, 6) is 0.309. The minimum atomic E-state index is -0.326. The largest absolute Gasteiger partial charge is 0.357 e. The number of halogens is 3. The number of hydrogen-bond acceptors (Lipinski definition) is 3. The van der Waals surface area contributed by atoms with E-state index in [-0.39, 0.29) is 42.2 Å². The molecule has 29 heavy (non-hydrogen) atoms. The molecule has 0 saturated carbocycles. The van der Waals surface area contributed by atoms with Crippen LogP contribution in [0.25, 0.3) is 0 Å². The van der Waals surface area contributed by atoms with Crippen molar-refractivity contribution < 1.29 is 9.18 Å². The number of carbonyl (C=O) groups is 1. The lowest BCUT2D eigenvalue weighted by atomic mass is 10.1. The van der Waals surface area contributed by atoms with E-state index >= 15 is 0 Å². The van der Waals surface area contributed by atoms with Gasteiger partial charge in [0.2, 0.25) is 5.91 Å². The van der Waals surface area contributed by atoms with Crippen molar-refractivity contribution in [1.29, 1.82) is 0 Å². The molecule has 1 amide bonds. The summed E-state index contributed by atoms with van der Waals surface area (Å²) in [6.45, 7) is 4.44. The zero-order chi connectivity index (χ0) is 20.1. The first-order valence-electron chi connectivity index (χ1n) is 9.24. The van der Waals surface area contributed by atoms with Gasteiger partial charge in [-0.15, -0.1) is 24.0 Å². The standard InChI is InChI=1S/C19H24ClFN6O.HI/c1-3-22-19(23-8-7-15-16(20)5-4-6-17(15)21)26-9-10-27(18(28)13-26)14-11-24-25(2)12-14;/h4-6,11-12H,3,7-10,13H2,1-2H3,(H,22,23);1H. The summed E-state index contributed by atoms with van der Waals surface area (Å²) in [6, 6.07) is 4.65. The summed E-state index contributed by atoms with van der Waals surface area (Å²) >= 11 is 6.08. The topological polar surface area (TPSA) is 65.8 Å². The minimum Gasteiger partial charge on any atom is -0.357 e. The number of aromatic nitrogens is 2. The van der Waals surface area contributed by atoms with Crippen LogP contribution in [0.1, 0.15) is 12.5 Å². The number of hydrogen-bond donors (Lipinski definition) is 1. The van der Waals surface area contributed by atoms with Crippen LogP contribution < -0.4 is 10.2 Å². The fourth-order valence-corrected chi connectivity index (χ4v) is 3.40. The fraction of sp³-hybridized carbons (Fsp3) is 0.421. The third-order valence-corrected chi connectivity index (χ3v) is 4.90. The number of benzene rings is 1. The van der Waals surface area contributed by atoms with Crippen LogP contribution in [0.5, 0.6) is 0 Å². The molecule has 0 unspecified atom stereocenters. The lowest BCUT2D eigenvalue weighted by Crippen LogP contribution is -2.55. The molecule has 0 aliphatic carbocycles. The van der Waals surface area contributed by atoms with E-state index in [4.69, 9.17) is 11.6 Å². The van der Waals surface area contributed by atoms with Gasteiger partial charge in [0.05, 0.1) is 11.9 Å². The van der Waals surface area contributed by atoms with E-state index in [1.807, 2.05) is 25.1 Å². The highest BCUT2D eigenvalue weighted by Crippen LogP contribution is 2.20. The maximum atomic E-state index is 13.9. The Hall–Kier alpha value is -1.88. The van der Waals surface area contributed by atoms with Gasteiger partial charge in [-0.3, -0.25) is 14.5 Å². The Balaban J connectivity index is 0.00000300. The van der Waals surface area contributed by atoms with E-state index in [9.17, 15) is 9.18 Å². The van der Waals surface area contributed by atoms with Gasteiger partial charge in [-0.25, -0.2) is 4.39 Å². The summed E-state index contributed by atoms with van der Waals surface area (Å²) < 4.78 is 15.6. The van der Waals surface area contributed by atoms with Crippen LogP contribution in [0, 0.1) is 5.82 Å². The van der Waals surface area contributed by atoms with Gasteiger partial charge in [0.15, 0.2) is 5.96 Å². The average molecular weight is 535 g/mol. The van der Waals surface area contributed by atoms with Gasteiger partial charge in [0.25, 0.3) is 0 Å². The second-order valence-electron chi connectivity index (χ2n) is 6.53. The minimum absolute atomic E-state index is 0. The lowest BCUT2D eigenvalue weighted by Gasteiger charge is -2.35. The van der Waals surface area contributed by atoms with Crippen molar-refractivity contribution in [2.75, 3.05) is 37.6 Å². The Morgan fingerprint density at radius 1 is 1.38 bits per heavy atom. The van der Waals surface area contributed by atoms with Crippen LogP contribution in [0.4, 0.5) is 10.1 Å². The molecule has 1 aliphatic rings. The van der Waals surface area contributed by atoms with Gasteiger partial charge in [-0.2, -0.15) is 5.10 Å². The molecule has 0 bridgehead atoms. The number of guanidine groups is 1. The fourth-order valence-electron chi connectivity index (χ4n) is 3.15. The molecular formula is C19H25ClFIN6O. The van der Waals surface area contributed by atoms with Crippen molar-refractivity contribution in [2.24, 2.45) is 12.0 Å². The highest BCUT2D eigenvalue weighted by atomic mass is 127. The summed E-state index contributed by atoms with van der Waals surface area (Å²) in [5.41, 5.74) is 1.25. The zero-order valence-electron chi connectivity index (χ0n) is 16.4. The molecule has 2 aromatic rings. The molecular weight excluding hydrogens is 510 g/mol. The third kappa shape index (κ3) is 5.81. The molecule has 0 atom stereocenters. The monoisotopic (exact) mass is 534 g/mol. The SMILES string of the molecule is CCNC(=NCCc1c(F)cccc1Cl)N1CCN(c2cnn(C)c2)C(=O)C1.I. The van der Waals surface area contributed by atoms with E-state index < -0.39 is 0 Å². The summed E-state index contributed by atoms with van der Waals surface area (Å²) in [5, 5.41) is 7.74. The predicted molar refractivity (Wildman–Crippen MR) is 124 cm³/mol. The van der Waals surface area contributed by atoms with E-state index in [1.165, 1.54) is 6.07 Å². The summed E-state index contributed by atoms with van der Waals surface area (Å²) in [6.07, 6.45) is 3.90. The van der Waals surface area contributed by atoms with Crippen molar-refractivity contribution in [1.82, 2.24) is 20.0 Å². The molecule has 1 saturated heterocycles. The van der Waals surface area contributed by atoms with Crippen LogP contribution in [-0.2, 0) is 18.3 Å². The second kappa shape index (κ2) is 10.8. The number of carbonyl (C=O) groups excluding carboxylic acids is 1. The van der Waals surface area contributed by atoms with Crippen molar-refractivity contribution in [3.8, 4) is 0 Å². The van der Waals surface area contributed by atoms with Crippen LogP contribution in [-0.4, -0.2) is 59.3 Å². The number of anilines is 1. The quantitative estimate of drug-likeness (QED) is 0.364. The molecule has 7 nitrogen and oxygen atoms in total. The highest BCUT2D eigenvalue weighted by Gasteiger charge is 2.27. The predicted octanol–water partition coefficient (Wildman–Crippen LogP) is 2.69. The lowest BCUT2D eigenvalue weighted by molar-refractivity contribution is -0.120. The van der Waals surface area contributed by atoms with Gasteiger partial charge in [-0.1, -0.05) is 17.7 Å². The number of aryl methyl sites for hydroxylation is 1. The number of piperazine rings is 1. The van der Waals surface area contributed by atoms with Crippen molar-refractivity contribution in [3.63, 3.8) is 0 Å². The first-order chi connectivity index (χ1) is 13.5. The first kappa shape index (κ1) is 23.4. The smallest absolute Gasteiger partial charge is 0.246 e. The van der Waals surface area contributed by atoms with E-state index in [1.54, 1.807) is 27.9 Å². The molecule has 10 heteroatoms. The highest BCUT2D eigenvalue weighted by molar-refractivity contribution is 14.0. The Labute approximate surface area is 191 Å². The number of rotatable bonds is 5. The second-order valence-corrected chi connectivity index (χ2v) is 6.93. The number of nitrogens with one attached hydrogen (secondary N) is 1. The van der Waals surface area contributed by atoms with Crippen LogP contribution in [0.3, 0.4) is 0 Å². The average Bonchev–Trinajstić information content (AvgIpc) is 3.09. The molecule has 158 valence electrons. The molecule has 1 N–H and O–H groups in total. The molecule has 1 aromatic heterocycles. The molecule has 1 aliphatic heterocycles. The van der Waals surface area contributed by atoms with E-state index in [2.05, 4.69) is 15.4 Å². The number of aliphatic imine (C=N–C) groups is 1. The molecule has 2 heterocycles. The molecule has 1 fully saturated rings. The van der Waals surface area contributed by atoms with Crippen molar-refractivity contribution >= 4 is 53.1 Å². The summed E-state index contributed by atoms with van der Waals surface area (Å²) in [4.78, 5) is 20.8. The van der Waals surface area contributed by atoms with Crippen molar-refractivity contribution in [3.05, 3.63) is 47.0 Å². The molecule has 0 radical (unpaired) electrons. The van der Waals surface area contributed by atoms with Crippen molar-refractivity contribution in [2.45, 2.75) is 13.3 Å². The Morgan fingerprint density at radius 2 is 2.17 bits per heavy atom. The first-order valence-corrected chi connectivity index (χ1v) is 9.62. The molecule has 1 aromatic carbocycles. The van der Waals surface area contributed by atoms with E-state index in [0.717, 1.165) is 5.69 Å². The van der Waals surface area contributed by atoms with Gasteiger partial charge >= 0.3 is 0 Å². The Kier molecular flexibility index (Phi) is 8.69. The Morgan fingerprint density at radius 3 is 2.79 bits per heavy atom. The van der Waals surface area contributed by atoms with Crippen LogP contribution in [0.2, 0.25) is 5.02 Å². The van der Waals surface area contributed by atoms with Gasteiger partial charge in [0.1, 0.15) is 12.4 Å². The third-order valence-electron chi connectivity index (χ3n) is 4.54. The molecule has 3 rings (SSSR count). The number of amides is 1. The Bertz CT molecular complexity index is 854. The van der Waals surface area contributed by atoms with Gasteiger partial charge < -0.3 is 15.1 Å².